The van der Waals surface area contributed by atoms with Crippen LogP contribution in [0.1, 0.15) is 56.8 Å². The predicted molar refractivity (Wildman–Crippen MR) is 89.1 cm³/mol. The Morgan fingerprint density at radius 2 is 2.00 bits per heavy atom. The lowest BCUT2D eigenvalue weighted by molar-refractivity contribution is 0.0860. The Morgan fingerprint density at radius 3 is 2.67 bits per heavy atom. The molecule has 0 aromatic carbocycles. The van der Waals surface area contributed by atoms with E-state index in [0.29, 0.717) is 16.7 Å². The molecule has 1 aliphatic rings. The molecule has 1 saturated carbocycles. The highest BCUT2D eigenvalue weighted by Gasteiger charge is 2.27. The largest absolute Gasteiger partial charge is 0.414 e. The highest BCUT2D eigenvalue weighted by atomic mass is 16.6. The van der Waals surface area contributed by atoms with Crippen molar-refractivity contribution in [1.29, 1.82) is 0 Å². The molecule has 0 aliphatic heterocycles. The van der Waals surface area contributed by atoms with Crippen molar-refractivity contribution >= 4 is 23.0 Å². The Kier molecular flexibility index (Phi) is 4.26. The van der Waals surface area contributed by atoms with Gasteiger partial charge in [-0.2, -0.15) is 0 Å². The zero-order valence-electron chi connectivity index (χ0n) is 14.2. The standard InChI is InChI=1S/C17H22N4O3/c1-17(2,3)14(22)11-8-18-15-13(11)21-12(9-19-15)24-16(23)20-10-6-4-5-7-10/h8-10H,4-7H2,1-3H3,(H,18,19)(H,20,23). The van der Waals surface area contributed by atoms with E-state index in [0.717, 1.165) is 25.7 Å². The van der Waals surface area contributed by atoms with Crippen LogP contribution in [0.25, 0.3) is 11.2 Å². The number of nitrogens with one attached hydrogen (secondary N) is 2. The third-order valence-corrected chi connectivity index (χ3v) is 4.16. The smallest absolute Gasteiger partial charge is 0.390 e. The van der Waals surface area contributed by atoms with E-state index in [4.69, 9.17) is 4.74 Å². The van der Waals surface area contributed by atoms with Crippen molar-refractivity contribution < 1.29 is 14.3 Å². The first-order valence-electron chi connectivity index (χ1n) is 8.22. The maximum Gasteiger partial charge on any atom is 0.414 e. The molecule has 0 atom stereocenters. The number of aromatic amines is 1. The van der Waals surface area contributed by atoms with Gasteiger partial charge in [0, 0.05) is 17.7 Å². The molecule has 7 nitrogen and oxygen atoms in total. The first-order valence-corrected chi connectivity index (χ1v) is 8.22. The van der Waals surface area contributed by atoms with E-state index >= 15 is 0 Å². The van der Waals surface area contributed by atoms with E-state index in [2.05, 4.69) is 20.3 Å². The second-order valence-corrected chi connectivity index (χ2v) is 7.20. The molecule has 1 aliphatic carbocycles. The molecular weight excluding hydrogens is 308 g/mol. The van der Waals surface area contributed by atoms with Crippen molar-refractivity contribution in [3.63, 3.8) is 0 Å². The van der Waals surface area contributed by atoms with Crippen LogP contribution in [0.15, 0.2) is 12.4 Å². The summed E-state index contributed by atoms with van der Waals surface area (Å²) in [7, 11) is 0. The molecular formula is C17H22N4O3. The third-order valence-electron chi connectivity index (χ3n) is 4.16. The summed E-state index contributed by atoms with van der Waals surface area (Å²) in [6.07, 6.45) is 6.63. The molecule has 0 spiro atoms. The summed E-state index contributed by atoms with van der Waals surface area (Å²) in [6, 6.07) is 0.166. The minimum atomic E-state index is -0.534. The Morgan fingerprint density at radius 1 is 1.29 bits per heavy atom. The zero-order valence-corrected chi connectivity index (χ0v) is 14.2. The lowest BCUT2D eigenvalue weighted by Gasteiger charge is -2.15. The summed E-state index contributed by atoms with van der Waals surface area (Å²) in [5, 5.41) is 2.83. The van der Waals surface area contributed by atoms with Crippen LogP contribution >= 0.6 is 0 Å². The molecule has 2 aromatic heterocycles. The number of carbonyl (C=O) groups excluding carboxylic acids is 2. The highest BCUT2D eigenvalue weighted by molar-refractivity contribution is 6.08. The van der Waals surface area contributed by atoms with E-state index in [1.165, 1.54) is 6.20 Å². The van der Waals surface area contributed by atoms with Crippen LogP contribution in [-0.2, 0) is 0 Å². The van der Waals surface area contributed by atoms with E-state index in [-0.39, 0.29) is 17.7 Å². The molecule has 128 valence electrons. The summed E-state index contributed by atoms with van der Waals surface area (Å²) in [4.78, 5) is 35.8. The Hall–Kier alpha value is -2.44. The normalized spacial score (nSPS) is 15.6. The predicted octanol–water partition coefficient (Wildman–Crippen LogP) is 3.22. The monoisotopic (exact) mass is 330 g/mol. The minimum absolute atomic E-state index is 0.0457. The van der Waals surface area contributed by atoms with Gasteiger partial charge in [-0.25, -0.2) is 14.8 Å². The van der Waals surface area contributed by atoms with Gasteiger partial charge in [-0.3, -0.25) is 4.79 Å². The number of fused-ring (bicyclic) bond motifs is 1. The first-order chi connectivity index (χ1) is 11.3. The molecule has 2 N–H and O–H groups in total. The first kappa shape index (κ1) is 16.4. The number of ether oxygens (including phenoxy) is 1. The number of hydrogen-bond acceptors (Lipinski definition) is 5. The van der Waals surface area contributed by atoms with Gasteiger partial charge in [-0.1, -0.05) is 33.6 Å². The summed E-state index contributed by atoms with van der Waals surface area (Å²) in [5.74, 6) is 0.0381. The lowest BCUT2D eigenvalue weighted by atomic mass is 9.87. The Balaban J connectivity index is 1.79. The quantitative estimate of drug-likeness (QED) is 0.842. The Bertz CT molecular complexity index is 770. The molecule has 0 bridgehead atoms. The van der Waals surface area contributed by atoms with Crippen LogP contribution in [-0.4, -0.2) is 32.9 Å². The number of rotatable bonds is 3. The molecule has 2 aromatic rings. The van der Waals surface area contributed by atoms with Gasteiger partial charge in [0.1, 0.15) is 5.52 Å². The van der Waals surface area contributed by atoms with Crippen LogP contribution in [0.3, 0.4) is 0 Å². The number of amides is 1. The molecule has 0 radical (unpaired) electrons. The average molecular weight is 330 g/mol. The number of H-pyrrole nitrogens is 1. The molecule has 24 heavy (non-hydrogen) atoms. The van der Waals surface area contributed by atoms with Crippen molar-refractivity contribution in [1.82, 2.24) is 20.3 Å². The van der Waals surface area contributed by atoms with Crippen LogP contribution in [0.2, 0.25) is 0 Å². The summed E-state index contributed by atoms with van der Waals surface area (Å²) in [6.45, 7) is 5.53. The number of Topliss-reactive ketones (excluding diaryl/α,β-unsaturated/α-hetero) is 1. The lowest BCUT2D eigenvalue weighted by Crippen LogP contribution is -2.35. The van der Waals surface area contributed by atoms with E-state index in [1.54, 1.807) is 6.20 Å². The molecule has 1 fully saturated rings. The number of ketones is 1. The number of aromatic nitrogens is 3. The fourth-order valence-corrected chi connectivity index (χ4v) is 2.86. The molecule has 0 unspecified atom stereocenters. The Labute approximate surface area is 140 Å². The van der Waals surface area contributed by atoms with Gasteiger partial charge in [0.2, 0.25) is 5.88 Å². The van der Waals surface area contributed by atoms with Gasteiger partial charge in [-0.05, 0) is 12.8 Å². The van der Waals surface area contributed by atoms with Crippen molar-refractivity contribution in [3.8, 4) is 5.88 Å². The van der Waals surface area contributed by atoms with E-state index in [1.807, 2.05) is 20.8 Å². The number of nitrogens with zero attached hydrogens (tertiary/aromatic N) is 2. The maximum absolute atomic E-state index is 12.5. The van der Waals surface area contributed by atoms with Crippen molar-refractivity contribution in [3.05, 3.63) is 18.0 Å². The van der Waals surface area contributed by atoms with Crippen molar-refractivity contribution in [2.45, 2.75) is 52.5 Å². The van der Waals surface area contributed by atoms with Gasteiger partial charge < -0.3 is 15.0 Å². The van der Waals surface area contributed by atoms with Gasteiger partial charge >= 0.3 is 6.09 Å². The number of hydrogen-bond donors (Lipinski definition) is 2. The zero-order chi connectivity index (χ0) is 17.3. The topological polar surface area (TPSA) is 97.0 Å². The molecule has 0 saturated heterocycles. The van der Waals surface area contributed by atoms with Crippen molar-refractivity contribution in [2.75, 3.05) is 0 Å². The van der Waals surface area contributed by atoms with Crippen LogP contribution < -0.4 is 10.1 Å². The fourth-order valence-electron chi connectivity index (χ4n) is 2.86. The van der Waals surface area contributed by atoms with Gasteiger partial charge in [0.25, 0.3) is 0 Å². The van der Waals surface area contributed by atoms with Gasteiger partial charge in [0.05, 0.1) is 11.8 Å². The fraction of sp³-hybridized carbons (Fsp3) is 0.529. The highest BCUT2D eigenvalue weighted by Crippen LogP contribution is 2.26. The molecule has 1 amide bonds. The second kappa shape index (κ2) is 6.22. The maximum atomic E-state index is 12.5. The van der Waals surface area contributed by atoms with Crippen LogP contribution in [0, 0.1) is 5.41 Å². The van der Waals surface area contributed by atoms with Crippen LogP contribution in [0.4, 0.5) is 4.79 Å². The third kappa shape index (κ3) is 3.39. The molecule has 3 rings (SSSR count). The van der Waals surface area contributed by atoms with Crippen LogP contribution in [0.5, 0.6) is 5.88 Å². The van der Waals surface area contributed by atoms with Gasteiger partial charge in [-0.15, -0.1) is 0 Å². The van der Waals surface area contributed by atoms with Gasteiger partial charge in [0.15, 0.2) is 11.4 Å². The average Bonchev–Trinajstić information content (AvgIpc) is 3.14. The molecule has 7 heteroatoms. The second-order valence-electron chi connectivity index (χ2n) is 7.20. The van der Waals surface area contributed by atoms with E-state index in [9.17, 15) is 9.59 Å². The molecule has 2 heterocycles. The summed E-state index contributed by atoms with van der Waals surface area (Å²) in [5.41, 5.74) is 0.826. The minimum Gasteiger partial charge on any atom is -0.390 e. The SMILES string of the molecule is CC(C)(C)C(=O)c1c[nH]c2ncc(OC(=O)NC3CCCC3)nc12. The summed E-state index contributed by atoms with van der Waals surface area (Å²) >= 11 is 0. The van der Waals surface area contributed by atoms with E-state index < -0.39 is 11.5 Å². The van der Waals surface area contributed by atoms with Crippen molar-refractivity contribution in [2.24, 2.45) is 5.41 Å². The summed E-state index contributed by atoms with van der Waals surface area (Å²) < 4.78 is 5.23. The number of carbonyl (C=O) groups is 2.